The first kappa shape index (κ1) is 17.5. The second-order valence-corrected chi connectivity index (χ2v) is 6.96. The smallest absolute Gasteiger partial charge is 0.175 e. The Labute approximate surface area is 169 Å². The molecule has 0 aliphatic carbocycles. The van der Waals surface area contributed by atoms with Crippen molar-refractivity contribution in [3.05, 3.63) is 72.3 Å². The Morgan fingerprint density at radius 1 is 1.03 bits per heavy atom. The molecule has 0 saturated heterocycles. The molecule has 0 atom stereocenters. The average molecular weight is 386 g/mol. The average Bonchev–Trinajstić information content (AvgIpc) is 3.48. The summed E-state index contributed by atoms with van der Waals surface area (Å²) < 4.78 is 9.54. The van der Waals surface area contributed by atoms with Crippen LogP contribution in [-0.2, 0) is 6.42 Å². The first-order valence-corrected chi connectivity index (χ1v) is 9.80. The van der Waals surface area contributed by atoms with E-state index in [1.54, 1.807) is 10.9 Å². The largest absolute Gasteiger partial charge is 0.492 e. The fourth-order valence-electron chi connectivity index (χ4n) is 3.83. The number of ether oxygens (including phenoxy) is 1. The van der Waals surface area contributed by atoms with Crippen LogP contribution in [0.1, 0.15) is 18.2 Å². The van der Waals surface area contributed by atoms with Gasteiger partial charge in [-0.15, -0.1) is 5.10 Å². The fraction of sp³-hybridized carbons (Fsp3) is 0.227. The molecule has 0 spiro atoms. The predicted molar refractivity (Wildman–Crippen MR) is 112 cm³/mol. The van der Waals surface area contributed by atoms with Crippen LogP contribution in [0.4, 0.5) is 11.5 Å². The molecule has 1 aromatic carbocycles. The highest BCUT2D eigenvalue weighted by Gasteiger charge is 2.28. The Morgan fingerprint density at radius 2 is 1.93 bits per heavy atom. The van der Waals surface area contributed by atoms with E-state index in [0.29, 0.717) is 6.61 Å². The molecule has 1 aliphatic rings. The summed E-state index contributed by atoms with van der Waals surface area (Å²) in [5.41, 5.74) is 4.25. The van der Waals surface area contributed by atoms with Gasteiger partial charge in [0.2, 0.25) is 0 Å². The maximum atomic E-state index is 5.86. The van der Waals surface area contributed by atoms with Crippen LogP contribution in [0, 0.1) is 6.92 Å². The van der Waals surface area contributed by atoms with Gasteiger partial charge in [0.05, 0.1) is 18.0 Å². The lowest BCUT2D eigenvalue weighted by atomic mass is 10.1. The lowest BCUT2D eigenvalue weighted by Crippen LogP contribution is -2.16. The normalized spacial score (nSPS) is 13.0. The van der Waals surface area contributed by atoms with Crippen LogP contribution in [0.2, 0.25) is 0 Å². The molecule has 5 rings (SSSR count). The van der Waals surface area contributed by atoms with Gasteiger partial charge in [0.15, 0.2) is 5.82 Å². The van der Waals surface area contributed by atoms with Gasteiger partial charge in [0, 0.05) is 42.5 Å². The number of nitrogens with zero attached hydrogens (tertiary/aromatic N) is 6. The number of aromatic nitrogens is 5. The molecule has 4 heterocycles. The molecular weight excluding hydrogens is 364 g/mol. The number of rotatable bonds is 5. The Kier molecular flexibility index (Phi) is 4.27. The number of aryl methyl sites for hydroxylation is 1. The Morgan fingerprint density at radius 3 is 2.76 bits per heavy atom. The minimum atomic E-state index is 0.633. The lowest BCUT2D eigenvalue weighted by molar-refractivity contribution is 0.341. The van der Waals surface area contributed by atoms with Crippen molar-refractivity contribution in [2.24, 2.45) is 0 Å². The zero-order valence-corrected chi connectivity index (χ0v) is 16.5. The summed E-state index contributed by atoms with van der Waals surface area (Å²) in [4.78, 5) is 7.11. The molecule has 29 heavy (non-hydrogen) atoms. The zero-order valence-electron chi connectivity index (χ0n) is 16.5. The van der Waals surface area contributed by atoms with E-state index in [1.807, 2.05) is 61.3 Å². The van der Waals surface area contributed by atoms with Crippen molar-refractivity contribution in [1.29, 1.82) is 0 Å². The summed E-state index contributed by atoms with van der Waals surface area (Å²) >= 11 is 0. The van der Waals surface area contributed by atoms with Gasteiger partial charge in [-0.2, -0.15) is 5.10 Å². The van der Waals surface area contributed by atoms with Crippen LogP contribution >= 0.6 is 0 Å². The maximum absolute atomic E-state index is 5.86. The SMILES string of the molecule is CCOc1ccccc1N1CCc2c(-n3ccc(-n4cccn4)n3)cc(C)nc21. The number of para-hydroxylation sites is 2. The van der Waals surface area contributed by atoms with E-state index in [9.17, 15) is 0 Å². The molecule has 146 valence electrons. The number of pyridine rings is 1. The van der Waals surface area contributed by atoms with E-state index in [0.717, 1.165) is 47.4 Å². The number of benzene rings is 1. The maximum Gasteiger partial charge on any atom is 0.175 e. The third kappa shape index (κ3) is 3.04. The lowest BCUT2D eigenvalue weighted by Gasteiger charge is -2.22. The predicted octanol–water partition coefficient (Wildman–Crippen LogP) is 3.85. The van der Waals surface area contributed by atoms with Gasteiger partial charge >= 0.3 is 0 Å². The van der Waals surface area contributed by atoms with Crippen LogP contribution in [0.5, 0.6) is 5.75 Å². The number of hydrogen-bond donors (Lipinski definition) is 0. The highest BCUT2D eigenvalue weighted by atomic mass is 16.5. The number of hydrogen-bond acceptors (Lipinski definition) is 5. The summed E-state index contributed by atoms with van der Waals surface area (Å²) in [7, 11) is 0. The molecule has 0 amide bonds. The summed E-state index contributed by atoms with van der Waals surface area (Å²) in [6.45, 7) is 5.51. The van der Waals surface area contributed by atoms with Crippen molar-refractivity contribution in [2.75, 3.05) is 18.1 Å². The van der Waals surface area contributed by atoms with Gasteiger partial charge < -0.3 is 9.64 Å². The van der Waals surface area contributed by atoms with Crippen molar-refractivity contribution in [2.45, 2.75) is 20.3 Å². The van der Waals surface area contributed by atoms with Crippen LogP contribution in [0.25, 0.3) is 11.5 Å². The fourth-order valence-corrected chi connectivity index (χ4v) is 3.83. The van der Waals surface area contributed by atoms with Crippen molar-refractivity contribution in [3.8, 4) is 17.3 Å². The molecule has 0 saturated carbocycles. The molecule has 0 bridgehead atoms. The van der Waals surface area contributed by atoms with Crippen LogP contribution in [-0.4, -0.2) is 37.7 Å². The van der Waals surface area contributed by atoms with E-state index >= 15 is 0 Å². The van der Waals surface area contributed by atoms with Crippen molar-refractivity contribution in [3.63, 3.8) is 0 Å². The Balaban J connectivity index is 1.58. The van der Waals surface area contributed by atoms with E-state index < -0.39 is 0 Å². The van der Waals surface area contributed by atoms with Crippen molar-refractivity contribution in [1.82, 2.24) is 24.5 Å². The molecule has 0 radical (unpaired) electrons. The first-order valence-electron chi connectivity index (χ1n) is 9.80. The second kappa shape index (κ2) is 7.09. The molecule has 0 unspecified atom stereocenters. The highest BCUT2D eigenvalue weighted by molar-refractivity contribution is 5.74. The van der Waals surface area contributed by atoms with Crippen LogP contribution < -0.4 is 9.64 Å². The van der Waals surface area contributed by atoms with Crippen LogP contribution in [0.3, 0.4) is 0 Å². The third-order valence-electron chi connectivity index (χ3n) is 5.06. The molecular formula is C22H22N6O. The quantitative estimate of drug-likeness (QED) is 0.521. The molecule has 0 fully saturated rings. The topological polar surface area (TPSA) is 61.0 Å². The summed E-state index contributed by atoms with van der Waals surface area (Å²) in [5.74, 6) is 2.64. The molecule has 3 aromatic heterocycles. The van der Waals surface area contributed by atoms with E-state index in [1.165, 1.54) is 5.56 Å². The molecule has 4 aromatic rings. The number of fused-ring (bicyclic) bond motifs is 1. The van der Waals surface area contributed by atoms with Gasteiger partial charge in [0.25, 0.3) is 0 Å². The van der Waals surface area contributed by atoms with Crippen molar-refractivity contribution >= 4 is 11.5 Å². The summed E-state index contributed by atoms with van der Waals surface area (Å²) in [6, 6.07) is 14.1. The standard InChI is InChI=1S/C22H22N6O/c1-3-29-20-8-5-4-7-18(20)26-13-9-17-19(15-16(2)24-22(17)26)27-14-10-21(25-27)28-12-6-11-23-28/h4-8,10-12,14-15H,3,9,13H2,1-2H3. The molecule has 7 nitrogen and oxygen atoms in total. The van der Waals surface area contributed by atoms with E-state index in [-0.39, 0.29) is 0 Å². The molecule has 7 heteroatoms. The van der Waals surface area contributed by atoms with Gasteiger partial charge in [-0.05, 0) is 44.5 Å². The second-order valence-electron chi connectivity index (χ2n) is 6.96. The number of anilines is 2. The monoisotopic (exact) mass is 386 g/mol. The van der Waals surface area contributed by atoms with Gasteiger partial charge in [-0.25, -0.2) is 14.3 Å². The third-order valence-corrected chi connectivity index (χ3v) is 5.06. The van der Waals surface area contributed by atoms with Crippen molar-refractivity contribution < 1.29 is 4.74 Å². The molecule has 0 N–H and O–H groups in total. The van der Waals surface area contributed by atoms with E-state index in [4.69, 9.17) is 14.8 Å². The minimum absolute atomic E-state index is 0.633. The zero-order chi connectivity index (χ0) is 19.8. The van der Waals surface area contributed by atoms with E-state index in [2.05, 4.69) is 22.1 Å². The Hall–Kier alpha value is -3.61. The Bertz CT molecular complexity index is 1150. The molecule has 1 aliphatic heterocycles. The minimum Gasteiger partial charge on any atom is -0.492 e. The summed E-state index contributed by atoms with van der Waals surface area (Å²) in [5, 5.41) is 9.00. The first-order chi connectivity index (χ1) is 14.2. The van der Waals surface area contributed by atoms with Gasteiger partial charge in [-0.3, -0.25) is 0 Å². The van der Waals surface area contributed by atoms with Crippen LogP contribution in [0.15, 0.2) is 61.1 Å². The highest BCUT2D eigenvalue weighted by Crippen LogP contribution is 2.40. The van der Waals surface area contributed by atoms with Gasteiger partial charge in [-0.1, -0.05) is 12.1 Å². The summed E-state index contributed by atoms with van der Waals surface area (Å²) in [6.07, 6.45) is 6.51. The van der Waals surface area contributed by atoms with Gasteiger partial charge in [0.1, 0.15) is 11.6 Å².